The number of hydrogen-bond donors (Lipinski definition) is 0. The van der Waals surface area contributed by atoms with Crippen molar-refractivity contribution in [2.75, 3.05) is 4.90 Å². The van der Waals surface area contributed by atoms with Gasteiger partial charge in [-0.05, 0) is 62.4 Å². The lowest BCUT2D eigenvalue weighted by Crippen LogP contribution is -2.54. The molecule has 0 N–H and O–H groups in total. The molecular weight excluding hydrogens is 437 g/mol. The number of piperidine rings is 1. The molecule has 0 spiro atoms. The maximum absolute atomic E-state index is 13.4. The first-order valence-corrected chi connectivity index (χ1v) is 11.4. The summed E-state index contributed by atoms with van der Waals surface area (Å²) < 4.78 is 40.1. The van der Waals surface area contributed by atoms with E-state index in [1.165, 1.54) is 6.07 Å². The summed E-state index contributed by atoms with van der Waals surface area (Å²) in [5.41, 5.74) is 0.791. The minimum atomic E-state index is -4.46. The number of halogens is 4. The van der Waals surface area contributed by atoms with Gasteiger partial charge in [-0.25, -0.2) is 9.97 Å². The van der Waals surface area contributed by atoms with Crippen molar-refractivity contribution < 1.29 is 13.2 Å². The molecule has 0 aliphatic carbocycles. The van der Waals surface area contributed by atoms with Crippen molar-refractivity contribution >= 4 is 17.5 Å². The van der Waals surface area contributed by atoms with E-state index in [1.54, 1.807) is 24.5 Å². The van der Waals surface area contributed by atoms with Gasteiger partial charge in [-0.1, -0.05) is 32.0 Å². The number of alkyl halides is 3. The molecule has 0 bridgehead atoms. The van der Waals surface area contributed by atoms with Gasteiger partial charge < -0.3 is 9.80 Å². The Morgan fingerprint density at radius 1 is 1.12 bits per heavy atom. The molecule has 1 fully saturated rings. The van der Waals surface area contributed by atoms with Gasteiger partial charge in [0.05, 0.1) is 5.56 Å². The van der Waals surface area contributed by atoms with Crippen LogP contribution in [0.3, 0.4) is 0 Å². The van der Waals surface area contributed by atoms with Crippen LogP contribution in [0.4, 0.5) is 19.1 Å². The summed E-state index contributed by atoms with van der Waals surface area (Å²) in [7, 11) is 0. The molecule has 1 saturated heterocycles. The van der Waals surface area contributed by atoms with Gasteiger partial charge in [0.1, 0.15) is 0 Å². The summed E-state index contributed by atoms with van der Waals surface area (Å²) in [5.74, 6) is 0.513. The molecule has 2 heterocycles. The second kappa shape index (κ2) is 10.1. The standard InChI is InChI=1S/C24H30ClF3N4/c1-5-20-13-22(14-21(6-2)32(20)16(3)4)31(23-29-8-7-9-30-23)15-17-10-18(24(26,27)28)12-19(25)11-17/h7-12,20-22H,3,5-6,13-15H2,1-2,4H3/t20-,21?,22?/m0/s1. The summed E-state index contributed by atoms with van der Waals surface area (Å²) in [6, 6.07) is 6.12. The topological polar surface area (TPSA) is 32.3 Å². The van der Waals surface area contributed by atoms with Crippen LogP contribution in [0.15, 0.2) is 48.9 Å². The number of benzene rings is 1. The monoisotopic (exact) mass is 466 g/mol. The second-order valence-corrected chi connectivity index (χ2v) is 8.85. The number of hydrogen-bond acceptors (Lipinski definition) is 4. The highest BCUT2D eigenvalue weighted by Gasteiger charge is 2.37. The Morgan fingerprint density at radius 2 is 1.72 bits per heavy atom. The van der Waals surface area contributed by atoms with E-state index in [9.17, 15) is 13.2 Å². The van der Waals surface area contributed by atoms with Crippen molar-refractivity contribution in [3.63, 3.8) is 0 Å². The molecule has 0 amide bonds. The Hall–Kier alpha value is -2.28. The SMILES string of the molecule is C=C(C)N1C(CC)CC(N(Cc2cc(Cl)cc(C(F)(F)F)c2)c2ncccn2)C[C@@H]1CC. The second-order valence-electron chi connectivity index (χ2n) is 8.41. The van der Waals surface area contributed by atoms with E-state index >= 15 is 0 Å². The van der Waals surface area contributed by atoms with E-state index in [2.05, 4.69) is 35.3 Å². The van der Waals surface area contributed by atoms with Gasteiger partial charge in [-0.2, -0.15) is 13.2 Å². The minimum Gasteiger partial charge on any atom is -0.369 e. The molecular formula is C24H30ClF3N4. The fourth-order valence-corrected chi connectivity index (χ4v) is 5.02. The summed E-state index contributed by atoms with van der Waals surface area (Å²) in [4.78, 5) is 13.3. The summed E-state index contributed by atoms with van der Waals surface area (Å²) in [6.07, 6.45) is 2.48. The van der Waals surface area contributed by atoms with Crippen molar-refractivity contribution in [3.8, 4) is 0 Å². The summed E-state index contributed by atoms with van der Waals surface area (Å²) in [5, 5.41) is 0.0683. The average molecular weight is 467 g/mol. The molecule has 0 radical (unpaired) electrons. The van der Waals surface area contributed by atoms with Gasteiger partial charge in [-0.15, -0.1) is 0 Å². The summed E-state index contributed by atoms with van der Waals surface area (Å²) >= 11 is 6.05. The van der Waals surface area contributed by atoms with Gasteiger partial charge in [0.15, 0.2) is 0 Å². The van der Waals surface area contributed by atoms with Crippen LogP contribution in [0, 0.1) is 0 Å². The lowest BCUT2D eigenvalue weighted by atomic mass is 9.87. The van der Waals surface area contributed by atoms with Gasteiger partial charge >= 0.3 is 6.18 Å². The van der Waals surface area contributed by atoms with E-state index < -0.39 is 11.7 Å². The quantitative estimate of drug-likeness (QED) is 0.454. The van der Waals surface area contributed by atoms with Crippen LogP contribution in [0.2, 0.25) is 5.02 Å². The maximum Gasteiger partial charge on any atom is 0.416 e. The highest BCUT2D eigenvalue weighted by Crippen LogP contribution is 2.36. The van der Waals surface area contributed by atoms with Crippen LogP contribution < -0.4 is 4.90 Å². The molecule has 4 nitrogen and oxygen atoms in total. The van der Waals surface area contributed by atoms with Gasteiger partial charge in [0, 0.05) is 47.8 Å². The largest absolute Gasteiger partial charge is 0.416 e. The molecule has 3 rings (SSSR count). The molecule has 2 aromatic rings. The van der Waals surface area contributed by atoms with E-state index in [0.717, 1.165) is 37.4 Å². The number of allylic oxidation sites excluding steroid dienone is 1. The summed E-state index contributed by atoms with van der Waals surface area (Å²) in [6.45, 7) is 10.8. The van der Waals surface area contributed by atoms with Crippen molar-refractivity contribution in [1.82, 2.24) is 14.9 Å². The van der Waals surface area contributed by atoms with Crippen LogP contribution in [0.5, 0.6) is 0 Å². The predicted octanol–water partition coefficient (Wildman–Crippen LogP) is 6.71. The van der Waals surface area contributed by atoms with E-state index in [0.29, 0.717) is 23.6 Å². The molecule has 2 unspecified atom stereocenters. The smallest absolute Gasteiger partial charge is 0.369 e. The first-order chi connectivity index (χ1) is 15.1. The molecule has 32 heavy (non-hydrogen) atoms. The molecule has 3 atom stereocenters. The van der Waals surface area contributed by atoms with Crippen LogP contribution in [-0.2, 0) is 12.7 Å². The van der Waals surface area contributed by atoms with Gasteiger partial charge in [0.25, 0.3) is 0 Å². The zero-order valence-electron chi connectivity index (χ0n) is 18.7. The Kier molecular flexibility index (Phi) is 7.70. The van der Waals surface area contributed by atoms with Gasteiger partial charge in [-0.3, -0.25) is 0 Å². The van der Waals surface area contributed by atoms with Crippen molar-refractivity contribution in [3.05, 3.63) is 65.1 Å². The molecule has 174 valence electrons. The Bertz CT molecular complexity index is 905. The van der Waals surface area contributed by atoms with Crippen LogP contribution in [-0.4, -0.2) is 33.0 Å². The lowest BCUT2D eigenvalue weighted by Gasteiger charge is -2.49. The number of aromatic nitrogens is 2. The Balaban J connectivity index is 1.98. The number of nitrogens with zero attached hydrogens (tertiary/aromatic N) is 4. The maximum atomic E-state index is 13.4. The normalized spacial score (nSPS) is 21.5. The predicted molar refractivity (Wildman–Crippen MR) is 123 cm³/mol. The Morgan fingerprint density at radius 3 is 2.22 bits per heavy atom. The average Bonchev–Trinajstić information content (AvgIpc) is 2.76. The molecule has 8 heteroatoms. The van der Waals surface area contributed by atoms with E-state index in [4.69, 9.17) is 11.6 Å². The molecule has 1 aromatic carbocycles. The zero-order chi connectivity index (χ0) is 23.5. The molecule has 1 aliphatic heterocycles. The number of likely N-dealkylation sites (tertiary alicyclic amines) is 1. The minimum absolute atomic E-state index is 0.0683. The fourth-order valence-electron chi connectivity index (χ4n) is 4.76. The number of anilines is 1. The Labute approximate surface area is 193 Å². The highest BCUT2D eigenvalue weighted by molar-refractivity contribution is 6.30. The molecule has 0 saturated carbocycles. The van der Waals surface area contributed by atoms with Crippen molar-refractivity contribution in [2.24, 2.45) is 0 Å². The fraction of sp³-hybridized carbons (Fsp3) is 0.500. The number of rotatable bonds is 7. The zero-order valence-corrected chi connectivity index (χ0v) is 19.5. The van der Waals surface area contributed by atoms with E-state index in [-0.39, 0.29) is 17.6 Å². The third-order valence-electron chi connectivity index (χ3n) is 6.15. The van der Waals surface area contributed by atoms with E-state index in [1.807, 2.05) is 11.8 Å². The van der Waals surface area contributed by atoms with Crippen LogP contribution in [0.25, 0.3) is 0 Å². The highest BCUT2D eigenvalue weighted by atomic mass is 35.5. The third-order valence-corrected chi connectivity index (χ3v) is 6.36. The molecule has 1 aliphatic rings. The first kappa shape index (κ1) is 24.4. The lowest BCUT2D eigenvalue weighted by molar-refractivity contribution is -0.137. The van der Waals surface area contributed by atoms with Gasteiger partial charge in [0.2, 0.25) is 5.95 Å². The third kappa shape index (κ3) is 5.55. The first-order valence-electron chi connectivity index (χ1n) is 11.0. The van der Waals surface area contributed by atoms with Crippen molar-refractivity contribution in [2.45, 2.75) is 77.3 Å². The molecule has 1 aromatic heterocycles. The van der Waals surface area contributed by atoms with Crippen LogP contribution >= 0.6 is 11.6 Å². The van der Waals surface area contributed by atoms with Crippen molar-refractivity contribution in [1.29, 1.82) is 0 Å². The van der Waals surface area contributed by atoms with Crippen LogP contribution in [0.1, 0.15) is 57.6 Å².